The molecule has 0 aromatic heterocycles. The summed E-state index contributed by atoms with van der Waals surface area (Å²) in [5, 5.41) is 0. The fraction of sp³-hybridized carbons (Fsp3) is 0.720. The Morgan fingerprint density at radius 1 is 0.968 bits per heavy atom. The van der Waals surface area contributed by atoms with Gasteiger partial charge < -0.3 is 9.47 Å². The lowest BCUT2D eigenvalue weighted by Crippen LogP contribution is -2.30. The molecule has 0 aliphatic heterocycles. The molecule has 0 spiro atoms. The first-order valence-electron chi connectivity index (χ1n) is 11.9. The highest BCUT2D eigenvalue weighted by Crippen LogP contribution is 2.43. The topological polar surface area (TPSA) is 35.5 Å². The van der Waals surface area contributed by atoms with Crippen LogP contribution >= 0.6 is 0 Å². The summed E-state index contributed by atoms with van der Waals surface area (Å²) < 4.78 is 51.6. The van der Waals surface area contributed by atoms with Crippen molar-refractivity contribution in [2.75, 3.05) is 6.61 Å². The zero-order valence-electron chi connectivity index (χ0n) is 18.7. The molecule has 0 bridgehead atoms. The molecule has 2 aliphatic rings. The molecule has 3 rings (SSSR count). The summed E-state index contributed by atoms with van der Waals surface area (Å²) in [6.45, 7) is 4.04. The average molecular weight is 441 g/mol. The molecule has 0 unspecified atom stereocenters. The lowest BCUT2D eigenvalue weighted by atomic mass is 9.69. The fourth-order valence-electron chi connectivity index (χ4n) is 5.49. The molecule has 0 radical (unpaired) electrons. The predicted octanol–water partition coefficient (Wildman–Crippen LogP) is 7.48. The van der Waals surface area contributed by atoms with Gasteiger partial charge in [0.05, 0.1) is 12.5 Å². The standard InChI is InChI=1S/C25H35F3O3/c1-3-5-16-6-8-17(9-7-16)18-10-12-19(13-11-18)25(29)31-20-14-15-21(30-4-2)23(26)22(20)24(27)28/h14-19,24H,3-13H2,1-2H3. The molecular formula is C25H35F3O3. The highest BCUT2D eigenvalue weighted by Gasteiger charge is 2.34. The minimum Gasteiger partial charge on any atom is -0.491 e. The smallest absolute Gasteiger partial charge is 0.314 e. The maximum Gasteiger partial charge on any atom is 0.314 e. The van der Waals surface area contributed by atoms with E-state index in [0.29, 0.717) is 18.8 Å². The first kappa shape index (κ1) is 23.9. The van der Waals surface area contributed by atoms with Crippen molar-refractivity contribution in [3.63, 3.8) is 0 Å². The molecule has 0 N–H and O–H groups in total. The summed E-state index contributed by atoms with van der Waals surface area (Å²) in [6.07, 6.45) is 8.07. The van der Waals surface area contributed by atoms with Crippen LogP contribution in [0.3, 0.4) is 0 Å². The van der Waals surface area contributed by atoms with Crippen LogP contribution in [0.1, 0.15) is 90.0 Å². The Kier molecular flexibility index (Phi) is 8.67. The van der Waals surface area contributed by atoms with Crippen LogP contribution in [0.25, 0.3) is 0 Å². The summed E-state index contributed by atoms with van der Waals surface area (Å²) in [4.78, 5) is 12.6. The third kappa shape index (κ3) is 5.95. The molecule has 0 amide bonds. The number of halogens is 3. The lowest BCUT2D eigenvalue weighted by molar-refractivity contribution is -0.140. The molecular weight excluding hydrogens is 405 g/mol. The number of rotatable bonds is 8. The number of hydrogen-bond donors (Lipinski definition) is 0. The van der Waals surface area contributed by atoms with Gasteiger partial charge in [0, 0.05) is 0 Å². The van der Waals surface area contributed by atoms with Crippen LogP contribution in [-0.4, -0.2) is 12.6 Å². The van der Waals surface area contributed by atoms with Crippen LogP contribution in [-0.2, 0) is 4.79 Å². The van der Waals surface area contributed by atoms with E-state index in [0.717, 1.165) is 24.7 Å². The molecule has 2 saturated carbocycles. The molecule has 2 fully saturated rings. The second kappa shape index (κ2) is 11.2. The SMILES string of the molecule is CCCC1CCC(C2CCC(C(=O)Oc3ccc(OCC)c(F)c3C(F)F)CC2)CC1. The zero-order chi connectivity index (χ0) is 22.4. The normalized spacial score (nSPS) is 26.6. The van der Waals surface area contributed by atoms with Crippen molar-refractivity contribution in [3.05, 3.63) is 23.5 Å². The fourth-order valence-corrected chi connectivity index (χ4v) is 5.49. The minimum atomic E-state index is -3.10. The highest BCUT2D eigenvalue weighted by molar-refractivity contribution is 5.75. The third-order valence-corrected chi connectivity index (χ3v) is 7.19. The molecule has 0 atom stereocenters. The van der Waals surface area contributed by atoms with Crippen molar-refractivity contribution < 1.29 is 27.4 Å². The summed E-state index contributed by atoms with van der Waals surface area (Å²) in [5.41, 5.74) is -0.906. The van der Waals surface area contributed by atoms with Crippen LogP contribution in [0.2, 0.25) is 0 Å². The third-order valence-electron chi connectivity index (χ3n) is 7.19. The van der Waals surface area contributed by atoms with Crippen LogP contribution < -0.4 is 9.47 Å². The van der Waals surface area contributed by atoms with E-state index in [4.69, 9.17) is 9.47 Å². The largest absolute Gasteiger partial charge is 0.491 e. The number of ether oxygens (including phenoxy) is 2. The van der Waals surface area contributed by atoms with Gasteiger partial charge in [0.25, 0.3) is 6.43 Å². The second-order valence-electron chi connectivity index (χ2n) is 9.13. The van der Waals surface area contributed by atoms with Gasteiger partial charge in [0.15, 0.2) is 11.6 Å². The highest BCUT2D eigenvalue weighted by atomic mass is 19.3. The molecule has 3 nitrogen and oxygen atoms in total. The van der Waals surface area contributed by atoms with Gasteiger partial charge in [0.2, 0.25) is 0 Å². The van der Waals surface area contributed by atoms with Gasteiger partial charge in [-0.15, -0.1) is 0 Å². The van der Waals surface area contributed by atoms with E-state index in [2.05, 4.69) is 6.92 Å². The van der Waals surface area contributed by atoms with E-state index in [-0.39, 0.29) is 18.3 Å². The van der Waals surface area contributed by atoms with Gasteiger partial charge in [0.1, 0.15) is 11.3 Å². The van der Waals surface area contributed by atoms with Crippen LogP contribution in [0.15, 0.2) is 12.1 Å². The van der Waals surface area contributed by atoms with Gasteiger partial charge >= 0.3 is 5.97 Å². The maximum absolute atomic E-state index is 14.4. The molecule has 0 heterocycles. The number of hydrogen-bond acceptors (Lipinski definition) is 3. The molecule has 6 heteroatoms. The monoisotopic (exact) mass is 440 g/mol. The molecule has 2 aliphatic carbocycles. The number of carbonyl (C=O) groups excluding carboxylic acids is 1. The second-order valence-corrected chi connectivity index (χ2v) is 9.13. The van der Waals surface area contributed by atoms with Crippen LogP contribution in [0.5, 0.6) is 11.5 Å². The first-order chi connectivity index (χ1) is 14.9. The summed E-state index contributed by atoms with van der Waals surface area (Å²) in [5.74, 6) is -0.398. The van der Waals surface area contributed by atoms with Crippen LogP contribution in [0, 0.1) is 29.5 Å². The van der Waals surface area contributed by atoms with Crippen molar-refractivity contribution in [2.24, 2.45) is 23.7 Å². The molecule has 1 aromatic carbocycles. The zero-order valence-corrected chi connectivity index (χ0v) is 18.7. The van der Waals surface area contributed by atoms with Gasteiger partial charge in [-0.25, -0.2) is 13.2 Å². The number of benzene rings is 1. The van der Waals surface area contributed by atoms with Crippen molar-refractivity contribution in [3.8, 4) is 11.5 Å². The Labute approximate surface area is 183 Å². The lowest BCUT2D eigenvalue weighted by Gasteiger charge is -2.37. The van der Waals surface area contributed by atoms with Gasteiger partial charge in [-0.05, 0) is 75.3 Å². The minimum absolute atomic E-state index is 0.155. The molecule has 174 valence electrons. The van der Waals surface area contributed by atoms with Crippen molar-refractivity contribution >= 4 is 5.97 Å². The number of alkyl halides is 2. The van der Waals surface area contributed by atoms with Crippen molar-refractivity contribution in [1.82, 2.24) is 0 Å². The number of esters is 1. The Morgan fingerprint density at radius 2 is 1.55 bits per heavy atom. The molecule has 0 saturated heterocycles. The number of carbonyl (C=O) groups is 1. The van der Waals surface area contributed by atoms with E-state index >= 15 is 0 Å². The molecule has 1 aromatic rings. The summed E-state index contributed by atoms with van der Waals surface area (Å²) >= 11 is 0. The maximum atomic E-state index is 14.4. The van der Waals surface area contributed by atoms with Gasteiger partial charge in [-0.1, -0.05) is 32.6 Å². The van der Waals surface area contributed by atoms with E-state index in [1.54, 1.807) is 6.92 Å². The first-order valence-corrected chi connectivity index (χ1v) is 11.9. The van der Waals surface area contributed by atoms with E-state index in [9.17, 15) is 18.0 Å². The van der Waals surface area contributed by atoms with E-state index in [1.807, 2.05) is 0 Å². The van der Waals surface area contributed by atoms with Crippen molar-refractivity contribution in [2.45, 2.75) is 84.5 Å². The average Bonchev–Trinajstić information content (AvgIpc) is 2.76. The molecule has 31 heavy (non-hydrogen) atoms. The Balaban J connectivity index is 1.55. The Hall–Kier alpha value is -1.72. The van der Waals surface area contributed by atoms with E-state index in [1.165, 1.54) is 50.7 Å². The van der Waals surface area contributed by atoms with Crippen molar-refractivity contribution in [1.29, 1.82) is 0 Å². The predicted molar refractivity (Wildman–Crippen MR) is 114 cm³/mol. The van der Waals surface area contributed by atoms with Gasteiger partial charge in [-0.2, -0.15) is 0 Å². The summed E-state index contributed by atoms with van der Waals surface area (Å²) in [6, 6.07) is 2.44. The van der Waals surface area contributed by atoms with Gasteiger partial charge in [-0.3, -0.25) is 4.79 Å². The Morgan fingerprint density at radius 3 is 2.10 bits per heavy atom. The van der Waals surface area contributed by atoms with E-state index < -0.39 is 29.5 Å². The van der Waals surface area contributed by atoms with Crippen LogP contribution in [0.4, 0.5) is 13.2 Å². The Bertz CT molecular complexity index is 721. The summed E-state index contributed by atoms with van der Waals surface area (Å²) in [7, 11) is 0. The quantitative estimate of drug-likeness (QED) is 0.310.